The van der Waals surface area contributed by atoms with Gasteiger partial charge in [0, 0.05) is 5.56 Å². The van der Waals surface area contributed by atoms with Crippen molar-refractivity contribution in [3.8, 4) is 11.5 Å². The minimum atomic E-state index is -0.441. The fraction of sp³-hybridized carbons (Fsp3) is 0.0667. The fourth-order valence-corrected chi connectivity index (χ4v) is 2.57. The molecule has 0 atom stereocenters. The number of benzene rings is 2. The van der Waals surface area contributed by atoms with Crippen LogP contribution in [0.15, 0.2) is 34.7 Å². The highest BCUT2D eigenvalue weighted by atomic mass is 35.5. The third-order valence-electron chi connectivity index (χ3n) is 3.04. The number of ether oxygens (including phenoxy) is 1. The van der Waals surface area contributed by atoms with Crippen LogP contribution < -0.4 is 0 Å². The molecule has 0 amide bonds. The van der Waals surface area contributed by atoms with Gasteiger partial charge in [-0.3, -0.25) is 0 Å². The Morgan fingerprint density at radius 2 is 1.82 bits per heavy atom. The molecule has 0 saturated heterocycles. The van der Waals surface area contributed by atoms with Crippen molar-refractivity contribution in [1.82, 2.24) is 4.98 Å². The third-order valence-corrected chi connectivity index (χ3v) is 4.24. The van der Waals surface area contributed by atoms with E-state index in [0.717, 1.165) is 0 Å². The van der Waals surface area contributed by atoms with Gasteiger partial charge in [-0.2, -0.15) is 0 Å². The van der Waals surface area contributed by atoms with Gasteiger partial charge in [-0.05, 0) is 30.3 Å². The van der Waals surface area contributed by atoms with Crippen LogP contribution in [-0.4, -0.2) is 18.1 Å². The zero-order valence-electron chi connectivity index (χ0n) is 11.2. The summed E-state index contributed by atoms with van der Waals surface area (Å²) in [5, 5.41) is 0.888. The van der Waals surface area contributed by atoms with Gasteiger partial charge < -0.3 is 9.15 Å². The standard InChI is InChI=1S/C15H8Cl3NO3/c1-21-15(20)7-2-3-12-11(6-7)19-14(22-12)8-4-9(16)13(18)10(17)5-8/h2-6H,1H3. The Hall–Kier alpha value is -1.75. The smallest absolute Gasteiger partial charge is 0.337 e. The lowest BCUT2D eigenvalue weighted by Crippen LogP contribution is -2.00. The van der Waals surface area contributed by atoms with Crippen LogP contribution in [0.4, 0.5) is 0 Å². The lowest BCUT2D eigenvalue weighted by molar-refractivity contribution is 0.0601. The highest BCUT2D eigenvalue weighted by Gasteiger charge is 2.14. The topological polar surface area (TPSA) is 52.3 Å². The molecule has 0 fully saturated rings. The van der Waals surface area contributed by atoms with Crippen LogP contribution >= 0.6 is 34.8 Å². The molecular formula is C15H8Cl3NO3. The lowest BCUT2D eigenvalue weighted by atomic mass is 10.2. The second-order valence-electron chi connectivity index (χ2n) is 4.45. The molecule has 0 saturated carbocycles. The maximum absolute atomic E-state index is 11.5. The van der Waals surface area contributed by atoms with Gasteiger partial charge in [0.2, 0.25) is 5.89 Å². The Balaban J connectivity index is 2.11. The predicted octanol–water partition coefficient (Wildman–Crippen LogP) is 5.24. The molecule has 0 N–H and O–H groups in total. The lowest BCUT2D eigenvalue weighted by Gasteiger charge is -2.01. The summed E-state index contributed by atoms with van der Waals surface area (Å²) in [4.78, 5) is 15.9. The van der Waals surface area contributed by atoms with Crippen molar-refractivity contribution in [3.05, 3.63) is 51.0 Å². The summed E-state index contributed by atoms with van der Waals surface area (Å²) < 4.78 is 10.3. The molecule has 4 nitrogen and oxygen atoms in total. The normalized spacial score (nSPS) is 10.9. The molecule has 0 aliphatic heterocycles. The zero-order chi connectivity index (χ0) is 15.9. The molecule has 1 heterocycles. The van der Waals surface area contributed by atoms with Crippen molar-refractivity contribution in [1.29, 1.82) is 0 Å². The quantitative estimate of drug-likeness (QED) is 0.465. The minimum absolute atomic E-state index is 0.274. The van der Waals surface area contributed by atoms with E-state index in [1.54, 1.807) is 30.3 Å². The van der Waals surface area contributed by atoms with E-state index in [2.05, 4.69) is 9.72 Å². The van der Waals surface area contributed by atoms with Gasteiger partial charge in [0.1, 0.15) is 5.52 Å². The average molecular weight is 357 g/mol. The molecular weight excluding hydrogens is 349 g/mol. The Bertz CT molecular complexity index is 866. The van der Waals surface area contributed by atoms with Gasteiger partial charge in [-0.15, -0.1) is 0 Å². The number of hydrogen-bond donors (Lipinski definition) is 0. The molecule has 0 spiro atoms. The van der Waals surface area contributed by atoms with Gasteiger partial charge >= 0.3 is 5.97 Å². The monoisotopic (exact) mass is 355 g/mol. The van der Waals surface area contributed by atoms with Crippen molar-refractivity contribution in [2.45, 2.75) is 0 Å². The van der Waals surface area contributed by atoms with Crippen molar-refractivity contribution in [2.75, 3.05) is 7.11 Å². The van der Waals surface area contributed by atoms with Crippen LogP contribution in [0.2, 0.25) is 15.1 Å². The molecule has 7 heteroatoms. The van der Waals surface area contributed by atoms with Crippen molar-refractivity contribution in [3.63, 3.8) is 0 Å². The first-order valence-electron chi connectivity index (χ1n) is 6.13. The van der Waals surface area contributed by atoms with Gasteiger partial charge in [-0.25, -0.2) is 9.78 Å². The molecule has 3 rings (SSSR count). The molecule has 0 bridgehead atoms. The van der Waals surface area contributed by atoms with E-state index in [4.69, 9.17) is 39.2 Å². The van der Waals surface area contributed by atoms with E-state index in [-0.39, 0.29) is 5.02 Å². The van der Waals surface area contributed by atoms with E-state index < -0.39 is 5.97 Å². The summed E-state index contributed by atoms with van der Waals surface area (Å²) in [6, 6.07) is 8.07. The summed E-state index contributed by atoms with van der Waals surface area (Å²) in [5.74, 6) is -0.110. The number of carbonyl (C=O) groups excluding carboxylic acids is 1. The van der Waals surface area contributed by atoms with Crippen LogP contribution in [0.25, 0.3) is 22.6 Å². The third kappa shape index (κ3) is 2.65. The number of methoxy groups -OCH3 is 1. The SMILES string of the molecule is COC(=O)c1ccc2oc(-c3cc(Cl)c(Cl)c(Cl)c3)nc2c1. The Morgan fingerprint density at radius 3 is 2.45 bits per heavy atom. The number of fused-ring (bicyclic) bond motifs is 1. The molecule has 0 unspecified atom stereocenters. The summed E-state index contributed by atoms with van der Waals surface area (Å²) >= 11 is 17.9. The second kappa shape index (κ2) is 5.80. The number of nitrogens with zero attached hydrogens (tertiary/aromatic N) is 1. The fourth-order valence-electron chi connectivity index (χ4n) is 1.97. The van der Waals surface area contributed by atoms with E-state index in [1.165, 1.54) is 7.11 Å². The van der Waals surface area contributed by atoms with Crippen molar-refractivity contribution < 1.29 is 13.9 Å². The molecule has 1 aromatic heterocycles. The Labute approximate surface area is 140 Å². The van der Waals surface area contributed by atoms with E-state index in [1.807, 2.05) is 0 Å². The molecule has 2 aromatic carbocycles. The summed E-state index contributed by atoms with van der Waals surface area (Å²) in [6.45, 7) is 0. The molecule has 22 heavy (non-hydrogen) atoms. The van der Waals surface area contributed by atoms with E-state index in [0.29, 0.717) is 38.2 Å². The van der Waals surface area contributed by atoms with Crippen molar-refractivity contribution >= 4 is 51.9 Å². The average Bonchev–Trinajstić information content (AvgIpc) is 2.94. The number of hydrogen-bond acceptors (Lipinski definition) is 4. The highest BCUT2D eigenvalue weighted by molar-refractivity contribution is 6.48. The molecule has 0 aliphatic rings. The van der Waals surface area contributed by atoms with E-state index >= 15 is 0 Å². The number of halogens is 3. The number of oxazole rings is 1. The maximum atomic E-state index is 11.5. The van der Waals surface area contributed by atoms with Crippen LogP contribution in [0.3, 0.4) is 0 Å². The van der Waals surface area contributed by atoms with E-state index in [9.17, 15) is 4.79 Å². The second-order valence-corrected chi connectivity index (χ2v) is 5.64. The molecule has 0 radical (unpaired) electrons. The van der Waals surface area contributed by atoms with Gasteiger partial charge in [0.15, 0.2) is 5.58 Å². The number of carbonyl (C=O) groups is 1. The largest absolute Gasteiger partial charge is 0.465 e. The number of esters is 1. The summed E-state index contributed by atoms with van der Waals surface area (Å²) in [5.41, 5.74) is 2.04. The van der Waals surface area contributed by atoms with Crippen LogP contribution in [0, 0.1) is 0 Å². The first kappa shape index (κ1) is 15.2. The van der Waals surface area contributed by atoms with Crippen LogP contribution in [-0.2, 0) is 4.74 Å². The van der Waals surface area contributed by atoms with Crippen molar-refractivity contribution in [2.24, 2.45) is 0 Å². The first-order chi connectivity index (χ1) is 10.5. The van der Waals surface area contributed by atoms with Gasteiger partial charge in [0.25, 0.3) is 0 Å². The Kier molecular flexibility index (Phi) is 4.00. The summed E-state index contributed by atoms with van der Waals surface area (Å²) in [6.07, 6.45) is 0. The number of aromatic nitrogens is 1. The molecule has 112 valence electrons. The maximum Gasteiger partial charge on any atom is 0.337 e. The van der Waals surface area contributed by atoms with Gasteiger partial charge in [-0.1, -0.05) is 34.8 Å². The van der Waals surface area contributed by atoms with Crippen LogP contribution in [0.5, 0.6) is 0 Å². The first-order valence-corrected chi connectivity index (χ1v) is 7.27. The molecule has 3 aromatic rings. The summed E-state index contributed by atoms with van der Waals surface area (Å²) in [7, 11) is 1.32. The molecule has 0 aliphatic carbocycles. The number of rotatable bonds is 2. The Morgan fingerprint density at radius 1 is 1.14 bits per heavy atom. The highest BCUT2D eigenvalue weighted by Crippen LogP contribution is 2.35. The van der Waals surface area contributed by atoms with Crippen LogP contribution in [0.1, 0.15) is 10.4 Å². The van der Waals surface area contributed by atoms with Gasteiger partial charge in [0.05, 0.1) is 27.7 Å². The minimum Gasteiger partial charge on any atom is -0.465 e. The zero-order valence-corrected chi connectivity index (χ0v) is 13.5. The predicted molar refractivity (Wildman–Crippen MR) is 85.8 cm³/mol.